The molecule has 0 saturated heterocycles. The predicted octanol–water partition coefficient (Wildman–Crippen LogP) is 3.66. The van der Waals surface area contributed by atoms with Crippen molar-refractivity contribution in [3.05, 3.63) is 40.2 Å². The standard InChI is InChI=1S/C23H32N2O5/c1-6-10-13-25-19-15-17(29-5)12-11-16(19)14-18(21(25)27)20(26)24-23(7-2,8-3)22(28)30-9-4/h11-12,14-15H,6-10,13H2,1-5H3,(H,24,26). The molecule has 1 amide bonds. The van der Waals surface area contributed by atoms with Crippen molar-refractivity contribution in [2.24, 2.45) is 0 Å². The van der Waals surface area contributed by atoms with Crippen LogP contribution < -0.4 is 15.6 Å². The van der Waals surface area contributed by atoms with E-state index in [1.165, 1.54) is 0 Å². The number of nitrogens with zero attached hydrogens (tertiary/aromatic N) is 1. The third-order valence-corrected chi connectivity index (χ3v) is 5.51. The monoisotopic (exact) mass is 416 g/mol. The molecule has 7 heteroatoms. The van der Waals surface area contributed by atoms with Crippen LogP contribution in [0.5, 0.6) is 5.75 Å². The molecule has 0 bridgehead atoms. The summed E-state index contributed by atoms with van der Waals surface area (Å²) in [5.41, 5.74) is -0.819. The number of pyridine rings is 1. The molecule has 0 saturated carbocycles. The van der Waals surface area contributed by atoms with Crippen molar-refractivity contribution in [2.45, 2.75) is 65.5 Å². The molecule has 0 radical (unpaired) electrons. The van der Waals surface area contributed by atoms with Gasteiger partial charge in [0.25, 0.3) is 11.5 Å². The van der Waals surface area contributed by atoms with Crippen LogP contribution in [0.1, 0.15) is 63.7 Å². The molecular weight excluding hydrogens is 384 g/mol. The number of nitrogens with one attached hydrogen (secondary N) is 1. The number of unbranched alkanes of at least 4 members (excludes halogenated alkanes) is 1. The summed E-state index contributed by atoms with van der Waals surface area (Å²) in [6.45, 7) is 8.10. The fourth-order valence-electron chi connectivity index (χ4n) is 3.50. The maximum absolute atomic E-state index is 13.2. The maximum atomic E-state index is 13.2. The molecule has 0 fully saturated rings. The SMILES string of the molecule is CCCCn1c(=O)c(C(=O)NC(CC)(CC)C(=O)OCC)cc2ccc(OC)cc21. The molecule has 1 heterocycles. The molecular formula is C23H32N2O5. The van der Waals surface area contributed by atoms with E-state index in [1.807, 2.05) is 26.8 Å². The lowest BCUT2D eigenvalue weighted by atomic mass is 9.92. The number of amides is 1. The Labute approximate surface area is 177 Å². The van der Waals surface area contributed by atoms with Gasteiger partial charge in [0.15, 0.2) is 0 Å². The Kier molecular flexibility index (Phi) is 8.03. The average molecular weight is 417 g/mol. The zero-order valence-electron chi connectivity index (χ0n) is 18.5. The van der Waals surface area contributed by atoms with Crippen LogP contribution >= 0.6 is 0 Å². The molecule has 30 heavy (non-hydrogen) atoms. The second-order valence-electron chi connectivity index (χ2n) is 7.26. The second kappa shape index (κ2) is 10.3. The first-order chi connectivity index (χ1) is 14.4. The number of ether oxygens (including phenoxy) is 2. The lowest BCUT2D eigenvalue weighted by Crippen LogP contribution is -2.55. The molecule has 1 aromatic carbocycles. The summed E-state index contributed by atoms with van der Waals surface area (Å²) in [4.78, 5) is 38.9. The van der Waals surface area contributed by atoms with Gasteiger partial charge < -0.3 is 19.4 Å². The third-order valence-electron chi connectivity index (χ3n) is 5.51. The van der Waals surface area contributed by atoms with Crippen molar-refractivity contribution in [2.75, 3.05) is 13.7 Å². The Morgan fingerprint density at radius 3 is 2.37 bits per heavy atom. The maximum Gasteiger partial charge on any atom is 0.331 e. The van der Waals surface area contributed by atoms with Gasteiger partial charge in [-0.2, -0.15) is 0 Å². The van der Waals surface area contributed by atoms with Gasteiger partial charge in [0.1, 0.15) is 16.9 Å². The summed E-state index contributed by atoms with van der Waals surface area (Å²) in [6.07, 6.45) is 2.44. The van der Waals surface area contributed by atoms with E-state index in [2.05, 4.69) is 5.32 Å². The lowest BCUT2D eigenvalue weighted by Gasteiger charge is -2.30. The van der Waals surface area contributed by atoms with E-state index in [4.69, 9.17) is 9.47 Å². The van der Waals surface area contributed by atoms with E-state index in [-0.39, 0.29) is 17.7 Å². The normalized spacial score (nSPS) is 11.4. The number of fused-ring (bicyclic) bond motifs is 1. The number of hydrogen-bond acceptors (Lipinski definition) is 5. The Morgan fingerprint density at radius 2 is 1.80 bits per heavy atom. The van der Waals surface area contributed by atoms with Crippen LogP contribution in [-0.4, -0.2) is 35.7 Å². The van der Waals surface area contributed by atoms with Crippen molar-refractivity contribution in [1.29, 1.82) is 0 Å². The minimum Gasteiger partial charge on any atom is -0.497 e. The summed E-state index contributed by atoms with van der Waals surface area (Å²) in [6, 6.07) is 7.00. The van der Waals surface area contributed by atoms with Gasteiger partial charge in [-0.05, 0) is 49.8 Å². The van der Waals surface area contributed by atoms with E-state index in [0.29, 0.717) is 30.7 Å². The smallest absolute Gasteiger partial charge is 0.331 e. The Hall–Kier alpha value is -2.83. The van der Waals surface area contributed by atoms with Gasteiger partial charge in [0.2, 0.25) is 0 Å². The first kappa shape index (κ1) is 23.4. The highest BCUT2D eigenvalue weighted by atomic mass is 16.5. The number of hydrogen-bond donors (Lipinski definition) is 1. The molecule has 7 nitrogen and oxygen atoms in total. The van der Waals surface area contributed by atoms with Gasteiger partial charge in [-0.1, -0.05) is 27.2 Å². The molecule has 0 spiro atoms. The van der Waals surface area contributed by atoms with Gasteiger partial charge in [-0.3, -0.25) is 9.59 Å². The molecule has 0 aliphatic carbocycles. The summed E-state index contributed by atoms with van der Waals surface area (Å²) < 4.78 is 12.1. The van der Waals surface area contributed by atoms with Crippen molar-refractivity contribution < 1.29 is 19.1 Å². The van der Waals surface area contributed by atoms with E-state index in [9.17, 15) is 14.4 Å². The lowest BCUT2D eigenvalue weighted by molar-refractivity contribution is -0.151. The Balaban J connectivity index is 2.57. The number of carbonyl (C=O) groups is 2. The van der Waals surface area contributed by atoms with Gasteiger partial charge >= 0.3 is 5.97 Å². The molecule has 0 unspecified atom stereocenters. The number of aryl methyl sites for hydroxylation is 1. The Morgan fingerprint density at radius 1 is 1.10 bits per heavy atom. The molecule has 0 atom stereocenters. The number of esters is 1. The quantitative estimate of drug-likeness (QED) is 0.597. The minimum atomic E-state index is -1.16. The van der Waals surface area contributed by atoms with Crippen LogP contribution in [-0.2, 0) is 16.1 Å². The van der Waals surface area contributed by atoms with Crippen molar-refractivity contribution >= 4 is 22.8 Å². The first-order valence-corrected chi connectivity index (χ1v) is 10.6. The van der Waals surface area contributed by atoms with E-state index in [1.54, 1.807) is 36.8 Å². The largest absolute Gasteiger partial charge is 0.497 e. The van der Waals surface area contributed by atoms with E-state index >= 15 is 0 Å². The predicted molar refractivity (Wildman–Crippen MR) is 117 cm³/mol. The van der Waals surface area contributed by atoms with Crippen LogP contribution in [0.4, 0.5) is 0 Å². The molecule has 0 aliphatic rings. The van der Waals surface area contributed by atoms with E-state index in [0.717, 1.165) is 18.2 Å². The highest BCUT2D eigenvalue weighted by molar-refractivity contribution is 6.00. The van der Waals surface area contributed by atoms with E-state index < -0.39 is 17.4 Å². The highest BCUT2D eigenvalue weighted by Crippen LogP contribution is 2.22. The number of methoxy groups -OCH3 is 1. The fourth-order valence-corrected chi connectivity index (χ4v) is 3.50. The van der Waals surface area contributed by atoms with Gasteiger partial charge in [0, 0.05) is 12.6 Å². The topological polar surface area (TPSA) is 86.6 Å². The zero-order chi connectivity index (χ0) is 22.3. The first-order valence-electron chi connectivity index (χ1n) is 10.6. The van der Waals surface area contributed by atoms with Crippen LogP contribution in [0, 0.1) is 0 Å². The molecule has 2 rings (SSSR count). The molecule has 164 valence electrons. The number of rotatable bonds is 10. The molecule has 0 aliphatic heterocycles. The van der Waals surface area contributed by atoms with Crippen LogP contribution in [0.3, 0.4) is 0 Å². The zero-order valence-corrected chi connectivity index (χ0v) is 18.5. The molecule has 2 aromatic rings. The third kappa shape index (κ3) is 4.66. The summed E-state index contributed by atoms with van der Waals surface area (Å²) in [5.74, 6) is -0.414. The summed E-state index contributed by atoms with van der Waals surface area (Å²) >= 11 is 0. The van der Waals surface area contributed by atoms with Crippen LogP contribution in [0.15, 0.2) is 29.1 Å². The van der Waals surface area contributed by atoms with Crippen molar-refractivity contribution in [3.8, 4) is 5.75 Å². The number of carbonyl (C=O) groups excluding carboxylic acids is 2. The molecule has 1 N–H and O–H groups in total. The molecule has 1 aromatic heterocycles. The van der Waals surface area contributed by atoms with Crippen molar-refractivity contribution in [1.82, 2.24) is 9.88 Å². The summed E-state index contributed by atoms with van der Waals surface area (Å²) in [7, 11) is 1.57. The van der Waals surface area contributed by atoms with Crippen LogP contribution in [0.2, 0.25) is 0 Å². The van der Waals surface area contributed by atoms with Gasteiger partial charge in [-0.15, -0.1) is 0 Å². The fraction of sp³-hybridized carbons (Fsp3) is 0.522. The number of benzene rings is 1. The van der Waals surface area contributed by atoms with Crippen molar-refractivity contribution in [3.63, 3.8) is 0 Å². The second-order valence-corrected chi connectivity index (χ2v) is 7.26. The van der Waals surface area contributed by atoms with Gasteiger partial charge in [0.05, 0.1) is 19.2 Å². The Bertz CT molecular complexity index is 960. The highest BCUT2D eigenvalue weighted by Gasteiger charge is 2.38. The minimum absolute atomic E-state index is 0.0133. The van der Waals surface area contributed by atoms with Gasteiger partial charge in [-0.25, -0.2) is 4.79 Å². The average Bonchev–Trinajstić information content (AvgIpc) is 2.76. The van der Waals surface area contributed by atoms with Crippen LogP contribution in [0.25, 0.3) is 10.9 Å². The summed E-state index contributed by atoms with van der Waals surface area (Å²) in [5, 5.41) is 3.55. The number of aromatic nitrogens is 1.